The lowest BCUT2D eigenvalue weighted by atomic mass is 9.77. The molecule has 2 heterocycles. The molecule has 0 amide bonds. The predicted molar refractivity (Wildman–Crippen MR) is 135 cm³/mol. The smallest absolute Gasteiger partial charge is 0.162 e. The van der Waals surface area contributed by atoms with E-state index in [1.165, 1.54) is 0 Å². The molecule has 188 valence electrons. The van der Waals surface area contributed by atoms with Gasteiger partial charge in [-0.25, -0.2) is 9.97 Å². The summed E-state index contributed by atoms with van der Waals surface area (Å²) in [6, 6.07) is 7.87. The number of hydrogen-bond acceptors (Lipinski definition) is 9. The molecule has 1 aliphatic rings. The number of rotatable bonds is 10. The molecule has 0 spiro atoms. The normalized spacial score (nSPS) is 20.4. The van der Waals surface area contributed by atoms with Gasteiger partial charge in [0.15, 0.2) is 5.82 Å². The van der Waals surface area contributed by atoms with E-state index in [0.717, 1.165) is 46.7 Å². The van der Waals surface area contributed by atoms with Crippen LogP contribution in [0.4, 0.5) is 5.82 Å². The highest BCUT2D eigenvalue weighted by molar-refractivity contribution is 5.74. The summed E-state index contributed by atoms with van der Waals surface area (Å²) in [5.74, 6) is 2.71. The summed E-state index contributed by atoms with van der Waals surface area (Å²) in [7, 11) is 3.55. The highest BCUT2D eigenvalue weighted by Gasteiger charge is 2.41. The van der Waals surface area contributed by atoms with Gasteiger partial charge in [-0.1, -0.05) is 17.3 Å². The zero-order valence-corrected chi connectivity index (χ0v) is 21.3. The van der Waals surface area contributed by atoms with Crippen molar-refractivity contribution >= 4 is 5.82 Å². The lowest BCUT2D eigenvalue weighted by molar-refractivity contribution is -0.0625. The Morgan fingerprint density at radius 2 is 2.00 bits per heavy atom. The summed E-state index contributed by atoms with van der Waals surface area (Å²) in [5.41, 5.74) is 4.11. The number of hydrogen-bond donors (Lipinski definition) is 3. The SMILES string of the molecule is CNCC(O)COc1cccc(-c2nc(NC3CC(C)(OC)C3)c(C)c(-c3c(C)noc3C)n2)c1. The van der Waals surface area contributed by atoms with Crippen LogP contribution < -0.4 is 15.4 Å². The van der Waals surface area contributed by atoms with E-state index in [2.05, 4.69) is 22.7 Å². The molecule has 35 heavy (non-hydrogen) atoms. The number of aryl methyl sites for hydroxylation is 2. The first-order valence-corrected chi connectivity index (χ1v) is 11.9. The van der Waals surface area contributed by atoms with Gasteiger partial charge in [-0.3, -0.25) is 0 Å². The molecule has 1 saturated carbocycles. The van der Waals surface area contributed by atoms with Crippen LogP contribution in [-0.4, -0.2) is 65.3 Å². The first-order chi connectivity index (χ1) is 16.7. The quantitative estimate of drug-likeness (QED) is 0.399. The minimum absolute atomic E-state index is 0.102. The summed E-state index contributed by atoms with van der Waals surface area (Å²) in [5, 5.41) is 20.7. The lowest BCUT2D eigenvalue weighted by Crippen LogP contribution is -2.49. The van der Waals surface area contributed by atoms with Gasteiger partial charge in [0.25, 0.3) is 0 Å². The summed E-state index contributed by atoms with van der Waals surface area (Å²) in [6.07, 6.45) is 1.21. The lowest BCUT2D eigenvalue weighted by Gasteiger charge is -2.44. The van der Waals surface area contributed by atoms with Crippen molar-refractivity contribution < 1.29 is 19.1 Å². The minimum Gasteiger partial charge on any atom is -0.491 e. The first-order valence-electron chi connectivity index (χ1n) is 11.9. The summed E-state index contributed by atoms with van der Waals surface area (Å²) < 4.78 is 16.9. The van der Waals surface area contributed by atoms with Gasteiger partial charge < -0.3 is 29.7 Å². The van der Waals surface area contributed by atoms with Crippen molar-refractivity contribution in [3.05, 3.63) is 41.3 Å². The Kier molecular flexibility index (Phi) is 7.39. The van der Waals surface area contributed by atoms with Crippen molar-refractivity contribution in [1.82, 2.24) is 20.4 Å². The Hall–Kier alpha value is -3.01. The van der Waals surface area contributed by atoms with Crippen LogP contribution >= 0.6 is 0 Å². The number of likely N-dealkylation sites (N-methyl/N-ethyl adjacent to an activating group) is 1. The van der Waals surface area contributed by atoms with E-state index in [1.807, 2.05) is 45.0 Å². The Labute approximate surface area is 206 Å². The van der Waals surface area contributed by atoms with Gasteiger partial charge in [0.2, 0.25) is 0 Å². The third kappa shape index (κ3) is 5.47. The number of nitrogens with zero attached hydrogens (tertiary/aromatic N) is 3. The third-order valence-corrected chi connectivity index (χ3v) is 6.58. The van der Waals surface area contributed by atoms with Crippen LogP contribution in [0.1, 0.15) is 36.8 Å². The average molecular weight is 482 g/mol. The molecule has 9 heteroatoms. The van der Waals surface area contributed by atoms with Crippen LogP contribution in [0.2, 0.25) is 0 Å². The maximum atomic E-state index is 9.98. The van der Waals surface area contributed by atoms with Gasteiger partial charge in [-0.2, -0.15) is 0 Å². The standard InChI is InChI=1S/C26H35N5O4/c1-15-23(22-16(2)31-35-17(22)3)29-25(30-24(15)28-19-11-26(4,12-19)33-6)18-8-7-9-21(10-18)34-14-20(32)13-27-5/h7-10,19-20,27,32H,11-14H2,1-6H3,(H,28,29,30). The molecule has 0 bridgehead atoms. The molecule has 0 saturated heterocycles. The van der Waals surface area contributed by atoms with Crippen molar-refractivity contribution in [3.63, 3.8) is 0 Å². The fraction of sp³-hybridized carbons (Fsp3) is 0.500. The second-order valence-corrected chi connectivity index (χ2v) is 9.52. The zero-order chi connectivity index (χ0) is 25.2. The first kappa shape index (κ1) is 25.1. The molecule has 4 rings (SSSR count). The molecular formula is C26H35N5O4. The van der Waals surface area contributed by atoms with Crippen LogP contribution in [0, 0.1) is 20.8 Å². The van der Waals surface area contributed by atoms with E-state index in [4.69, 9.17) is 24.0 Å². The number of aliphatic hydroxyl groups excluding tert-OH is 1. The summed E-state index contributed by atoms with van der Waals surface area (Å²) in [4.78, 5) is 9.84. The molecule has 1 aliphatic carbocycles. The fourth-order valence-corrected chi connectivity index (χ4v) is 4.51. The molecule has 1 aromatic carbocycles. The van der Waals surface area contributed by atoms with Crippen LogP contribution in [0.15, 0.2) is 28.8 Å². The number of anilines is 1. The molecule has 0 radical (unpaired) electrons. The van der Waals surface area contributed by atoms with Gasteiger partial charge >= 0.3 is 0 Å². The Balaban J connectivity index is 1.69. The zero-order valence-electron chi connectivity index (χ0n) is 21.3. The number of aromatic nitrogens is 3. The van der Waals surface area contributed by atoms with E-state index in [-0.39, 0.29) is 18.2 Å². The average Bonchev–Trinajstić information content (AvgIpc) is 3.16. The Morgan fingerprint density at radius 3 is 2.66 bits per heavy atom. The Bertz CT molecular complexity index is 1150. The van der Waals surface area contributed by atoms with E-state index in [1.54, 1.807) is 14.2 Å². The molecule has 1 atom stereocenters. The van der Waals surface area contributed by atoms with Gasteiger partial charge in [-0.15, -0.1) is 0 Å². The second-order valence-electron chi connectivity index (χ2n) is 9.52. The summed E-state index contributed by atoms with van der Waals surface area (Å²) in [6.45, 7) is 8.60. The van der Waals surface area contributed by atoms with E-state index in [0.29, 0.717) is 23.9 Å². The molecule has 3 N–H and O–H groups in total. The predicted octanol–water partition coefficient (Wildman–Crippen LogP) is 3.66. The second kappa shape index (κ2) is 10.3. The summed E-state index contributed by atoms with van der Waals surface area (Å²) >= 11 is 0. The van der Waals surface area contributed by atoms with E-state index in [9.17, 15) is 5.11 Å². The van der Waals surface area contributed by atoms with Crippen LogP contribution in [-0.2, 0) is 4.74 Å². The third-order valence-electron chi connectivity index (χ3n) is 6.58. The topological polar surface area (TPSA) is 115 Å². The van der Waals surface area contributed by atoms with E-state index < -0.39 is 6.10 Å². The van der Waals surface area contributed by atoms with Crippen LogP contribution in [0.3, 0.4) is 0 Å². The largest absolute Gasteiger partial charge is 0.491 e. The molecule has 3 aromatic rings. The van der Waals surface area contributed by atoms with Gasteiger partial charge in [0.05, 0.1) is 22.6 Å². The van der Waals surface area contributed by atoms with Gasteiger partial charge in [0, 0.05) is 30.8 Å². The van der Waals surface area contributed by atoms with Crippen molar-refractivity contribution in [2.75, 3.05) is 32.6 Å². The molecule has 9 nitrogen and oxygen atoms in total. The van der Waals surface area contributed by atoms with Crippen molar-refractivity contribution in [2.24, 2.45) is 0 Å². The number of nitrogens with one attached hydrogen (secondary N) is 2. The van der Waals surface area contributed by atoms with Crippen LogP contribution in [0.25, 0.3) is 22.6 Å². The fourth-order valence-electron chi connectivity index (χ4n) is 4.51. The van der Waals surface area contributed by atoms with Gasteiger partial charge in [-0.05, 0) is 59.7 Å². The monoisotopic (exact) mass is 481 g/mol. The Morgan fingerprint density at radius 1 is 1.23 bits per heavy atom. The van der Waals surface area contributed by atoms with Crippen molar-refractivity contribution in [3.8, 4) is 28.4 Å². The van der Waals surface area contributed by atoms with Crippen molar-refractivity contribution in [2.45, 2.75) is 58.3 Å². The van der Waals surface area contributed by atoms with Crippen molar-refractivity contribution in [1.29, 1.82) is 0 Å². The molecule has 1 fully saturated rings. The molecule has 2 aromatic heterocycles. The molecule has 1 unspecified atom stereocenters. The van der Waals surface area contributed by atoms with Crippen LogP contribution in [0.5, 0.6) is 5.75 Å². The number of ether oxygens (including phenoxy) is 2. The maximum absolute atomic E-state index is 9.98. The maximum Gasteiger partial charge on any atom is 0.162 e. The highest BCUT2D eigenvalue weighted by atomic mass is 16.5. The molecular weight excluding hydrogens is 446 g/mol. The van der Waals surface area contributed by atoms with Gasteiger partial charge in [0.1, 0.15) is 30.0 Å². The van der Waals surface area contributed by atoms with E-state index >= 15 is 0 Å². The number of benzene rings is 1. The molecule has 0 aliphatic heterocycles. The number of methoxy groups -OCH3 is 1. The minimum atomic E-state index is -0.596. The number of aliphatic hydroxyl groups is 1. The highest BCUT2D eigenvalue weighted by Crippen LogP contribution is 2.39.